The standard InChI is InChI=1S/C26H29ClN4O2/c1-4-18-13-19(5-6-23(18)26(32)30-20-8-11-31(3)12-9-20)25-15-21(7-10-28-25)33-22-14-24(27)17(2)29-16-22/h5-7,10,13-16,20H,4,8-9,11-12H2,1-3H3,(H,30,32). The number of nitrogens with one attached hydrogen (secondary N) is 1. The van der Waals surface area contributed by atoms with Gasteiger partial charge in [0, 0.05) is 35.5 Å². The maximum atomic E-state index is 13.0. The smallest absolute Gasteiger partial charge is 0.251 e. The lowest BCUT2D eigenvalue weighted by Gasteiger charge is -2.29. The minimum Gasteiger partial charge on any atom is -0.456 e. The molecule has 1 aliphatic heterocycles. The molecule has 0 atom stereocenters. The lowest BCUT2D eigenvalue weighted by atomic mass is 9.98. The number of rotatable bonds is 6. The van der Waals surface area contributed by atoms with Crippen molar-refractivity contribution in [3.63, 3.8) is 0 Å². The van der Waals surface area contributed by atoms with E-state index in [0.717, 1.165) is 60.4 Å². The first-order valence-electron chi connectivity index (χ1n) is 11.3. The highest BCUT2D eigenvalue weighted by Gasteiger charge is 2.20. The number of pyridine rings is 2. The first kappa shape index (κ1) is 23.2. The topological polar surface area (TPSA) is 67.3 Å². The van der Waals surface area contributed by atoms with Gasteiger partial charge in [0.25, 0.3) is 5.91 Å². The third kappa shape index (κ3) is 5.70. The molecule has 1 amide bonds. The van der Waals surface area contributed by atoms with Gasteiger partial charge in [-0.3, -0.25) is 14.8 Å². The van der Waals surface area contributed by atoms with Crippen LogP contribution in [0.4, 0.5) is 0 Å². The number of hydrogen-bond donors (Lipinski definition) is 1. The van der Waals surface area contributed by atoms with Crippen molar-refractivity contribution in [1.82, 2.24) is 20.2 Å². The van der Waals surface area contributed by atoms with Crippen molar-refractivity contribution in [1.29, 1.82) is 0 Å². The number of likely N-dealkylation sites (tertiary alicyclic amines) is 1. The molecule has 2 aromatic heterocycles. The summed E-state index contributed by atoms with van der Waals surface area (Å²) in [5, 5.41) is 3.78. The molecule has 0 saturated carbocycles. The van der Waals surface area contributed by atoms with E-state index in [1.54, 1.807) is 24.5 Å². The number of ether oxygens (including phenoxy) is 1. The van der Waals surface area contributed by atoms with Gasteiger partial charge in [-0.2, -0.15) is 0 Å². The Labute approximate surface area is 200 Å². The van der Waals surface area contributed by atoms with Crippen molar-refractivity contribution in [2.45, 2.75) is 39.2 Å². The number of piperidine rings is 1. The van der Waals surface area contributed by atoms with Crippen LogP contribution in [0.3, 0.4) is 0 Å². The molecule has 0 bridgehead atoms. The normalized spacial score (nSPS) is 14.8. The van der Waals surface area contributed by atoms with Gasteiger partial charge in [0.1, 0.15) is 11.5 Å². The fraction of sp³-hybridized carbons (Fsp3) is 0.346. The molecule has 7 heteroatoms. The van der Waals surface area contributed by atoms with E-state index in [9.17, 15) is 4.79 Å². The molecule has 3 aromatic rings. The van der Waals surface area contributed by atoms with Gasteiger partial charge in [0.05, 0.1) is 22.6 Å². The third-order valence-corrected chi connectivity index (χ3v) is 6.43. The first-order chi connectivity index (χ1) is 15.9. The second-order valence-electron chi connectivity index (χ2n) is 8.49. The average Bonchev–Trinajstić information content (AvgIpc) is 2.82. The van der Waals surface area contributed by atoms with Gasteiger partial charge in [-0.1, -0.05) is 24.6 Å². The van der Waals surface area contributed by atoms with Crippen LogP contribution in [0.15, 0.2) is 48.8 Å². The van der Waals surface area contributed by atoms with E-state index in [4.69, 9.17) is 16.3 Å². The van der Waals surface area contributed by atoms with E-state index in [0.29, 0.717) is 16.5 Å². The number of amides is 1. The Morgan fingerprint density at radius 3 is 2.67 bits per heavy atom. The van der Waals surface area contributed by atoms with E-state index in [1.807, 2.05) is 31.2 Å². The van der Waals surface area contributed by atoms with Gasteiger partial charge in [-0.15, -0.1) is 0 Å². The van der Waals surface area contributed by atoms with Crippen molar-refractivity contribution in [3.05, 3.63) is 70.6 Å². The Morgan fingerprint density at radius 1 is 1.15 bits per heavy atom. The van der Waals surface area contributed by atoms with Crippen molar-refractivity contribution in [2.75, 3.05) is 20.1 Å². The van der Waals surface area contributed by atoms with Gasteiger partial charge in [-0.25, -0.2) is 0 Å². The molecule has 33 heavy (non-hydrogen) atoms. The molecule has 4 rings (SSSR count). The Bertz CT molecular complexity index is 1140. The molecule has 1 fully saturated rings. The number of carbonyl (C=O) groups excluding carboxylic acids is 1. The zero-order chi connectivity index (χ0) is 23.4. The lowest BCUT2D eigenvalue weighted by Crippen LogP contribution is -2.43. The fourth-order valence-corrected chi connectivity index (χ4v) is 4.15. The number of hydrogen-bond acceptors (Lipinski definition) is 5. The number of benzene rings is 1. The zero-order valence-corrected chi connectivity index (χ0v) is 20.0. The zero-order valence-electron chi connectivity index (χ0n) is 19.3. The molecule has 0 spiro atoms. The van der Waals surface area contributed by atoms with Crippen molar-refractivity contribution in [2.24, 2.45) is 0 Å². The summed E-state index contributed by atoms with van der Waals surface area (Å²) < 4.78 is 5.93. The van der Waals surface area contributed by atoms with Gasteiger partial charge >= 0.3 is 0 Å². The second kappa shape index (κ2) is 10.3. The highest BCUT2D eigenvalue weighted by Crippen LogP contribution is 2.29. The van der Waals surface area contributed by atoms with Gasteiger partial charge in [-0.05, 0) is 70.1 Å². The lowest BCUT2D eigenvalue weighted by molar-refractivity contribution is 0.0916. The summed E-state index contributed by atoms with van der Waals surface area (Å²) >= 11 is 6.16. The highest BCUT2D eigenvalue weighted by atomic mass is 35.5. The molecule has 1 N–H and O–H groups in total. The Morgan fingerprint density at radius 2 is 1.94 bits per heavy atom. The van der Waals surface area contributed by atoms with E-state index >= 15 is 0 Å². The summed E-state index contributed by atoms with van der Waals surface area (Å²) in [7, 11) is 2.12. The molecule has 0 radical (unpaired) electrons. The molecular formula is C26H29ClN4O2. The van der Waals surface area contributed by atoms with E-state index in [2.05, 4.69) is 34.2 Å². The van der Waals surface area contributed by atoms with E-state index in [-0.39, 0.29) is 11.9 Å². The second-order valence-corrected chi connectivity index (χ2v) is 8.90. The summed E-state index contributed by atoms with van der Waals surface area (Å²) in [5.41, 5.74) is 4.20. The highest BCUT2D eigenvalue weighted by molar-refractivity contribution is 6.31. The van der Waals surface area contributed by atoms with Crippen LogP contribution in [0, 0.1) is 6.92 Å². The van der Waals surface area contributed by atoms with Gasteiger partial charge in [0.2, 0.25) is 0 Å². The third-order valence-electron chi connectivity index (χ3n) is 6.05. The molecule has 0 aliphatic carbocycles. The van der Waals surface area contributed by atoms with Crippen molar-refractivity contribution < 1.29 is 9.53 Å². The largest absolute Gasteiger partial charge is 0.456 e. The maximum absolute atomic E-state index is 13.0. The molecule has 0 unspecified atom stereocenters. The Kier molecular flexibility index (Phi) is 7.26. The average molecular weight is 465 g/mol. The number of halogens is 1. The minimum absolute atomic E-state index is 0.00162. The monoisotopic (exact) mass is 464 g/mol. The maximum Gasteiger partial charge on any atom is 0.251 e. The number of carbonyl (C=O) groups is 1. The first-order valence-corrected chi connectivity index (χ1v) is 11.7. The Hall–Kier alpha value is -2.96. The van der Waals surface area contributed by atoms with Gasteiger partial charge in [0.15, 0.2) is 0 Å². The van der Waals surface area contributed by atoms with E-state index in [1.165, 1.54) is 0 Å². The number of aromatic nitrogens is 2. The van der Waals surface area contributed by atoms with Crippen LogP contribution in [-0.4, -0.2) is 47.0 Å². The summed E-state index contributed by atoms with van der Waals surface area (Å²) in [6, 6.07) is 11.5. The van der Waals surface area contributed by atoms with Crippen LogP contribution < -0.4 is 10.1 Å². The van der Waals surface area contributed by atoms with Gasteiger partial charge < -0.3 is 15.0 Å². The summed E-state index contributed by atoms with van der Waals surface area (Å²) in [6.07, 6.45) is 6.09. The molecule has 1 aromatic carbocycles. The van der Waals surface area contributed by atoms with Crippen LogP contribution in [0.25, 0.3) is 11.3 Å². The molecule has 1 saturated heterocycles. The molecular weight excluding hydrogens is 436 g/mol. The fourth-order valence-electron chi connectivity index (χ4n) is 4.00. The predicted octanol–water partition coefficient (Wildman–Crippen LogP) is 5.28. The predicted molar refractivity (Wildman–Crippen MR) is 131 cm³/mol. The molecule has 172 valence electrons. The van der Waals surface area contributed by atoms with Crippen LogP contribution in [0.2, 0.25) is 5.02 Å². The summed E-state index contributed by atoms with van der Waals surface area (Å²) in [4.78, 5) is 24.0. The van der Waals surface area contributed by atoms with E-state index < -0.39 is 0 Å². The quantitative estimate of drug-likeness (QED) is 0.537. The molecule has 1 aliphatic rings. The van der Waals surface area contributed by atoms with Crippen molar-refractivity contribution in [3.8, 4) is 22.8 Å². The number of nitrogens with zero attached hydrogens (tertiary/aromatic N) is 3. The van der Waals surface area contributed by atoms with Crippen LogP contribution in [-0.2, 0) is 6.42 Å². The summed E-state index contributed by atoms with van der Waals surface area (Å²) in [5.74, 6) is 1.21. The molecule has 3 heterocycles. The van der Waals surface area contributed by atoms with Crippen molar-refractivity contribution >= 4 is 17.5 Å². The molecule has 6 nitrogen and oxygen atoms in total. The Balaban J connectivity index is 1.51. The van der Waals surface area contributed by atoms with Crippen LogP contribution in [0.1, 0.15) is 41.4 Å². The van der Waals surface area contributed by atoms with Crippen LogP contribution >= 0.6 is 11.6 Å². The summed E-state index contributed by atoms with van der Waals surface area (Å²) in [6.45, 7) is 5.94. The SMILES string of the molecule is CCc1cc(-c2cc(Oc3cnc(C)c(Cl)c3)ccn2)ccc1C(=O)NC1CCN(C)CC1. The van der Waals surface area contributed by atoms with Crippen LogP contribution in [0.5, 0.6) is 11.5 Å². The number of aryl methyl sites for hydroxylation is 2. The minimum atomic E-state index is 0.00162.